The normalized spacial score (nSPS) is 26.4. The number of hydrogen-bond donors (Lipinski definition) is 0. The summed E-state index contributed by atoms with van der Waals surface area (Å²) in [5.41, 5.74) is 12.9. The first-order chi connectivity index (χ1) is 26.2. The molecule has 8 aliphatic carbocycles. The third-order valence-corrected chi connectivity index (χ3v) is 12.6. The van der Waals surface area contributed by atoms with Crippen LogP contribution in [0.2, 0.25) is 0 Å². The van der Waals surface area contributed by atoms with E-state index in [1.165, 1.54) is 33.4 Å². The van der Waals surface area contributed by atoms with Crippen LogP contribution in [-0.2, 0) is 21.1 Å². The van der Waals surface area contributed by atoms with Gasteiger partial charge in [0, 0.05) is 17.5 Å². The second kappa shape index (κ2) is 12.3. The predicted octanol–water partition coefficient (Wildman–Crippen LogP) is 11.7. The van der Waals surface area contributed by atoms with Gasteiger partial charge in [0.25, 0.3) is 0 Å². The van der Waals surface area contributed by atoms with Crippen LogP contribution in [0.3, 0.4) is 0 Å². The summed E-state index contributed by atoms with van der Waals surface area (Å²) in [7, 11) is 0. The van der Waals surface area contributed by atoms with Crippen LogP contribution >= 0.6 is 0 Å². The Hall–Kier alpha value is -5.37. The second-order valence-corrected chi connectivity index (χ2v) is 15.5. The molecule has 0 saturated heterocycles. The molecule has 0 radical (unpaired) electrons. The van der Waals surface area contributed by atoms with Gasteiger partial charge in [0.15, 0.2) is 0 Å². The molecule has 8 aliphatic rings. The van der Waals surface area contributed by atoms with Crippen LogP contribution in [0.1, 0.15) is 45.9 Å². The van der Waals surface area contributed by atoms with Gasteiger partial charge >= 0.3 is 21.1 Å². The summed E-state index contributed by atoms with van der Waals surface area (Å²) in [6.07, 6.45) is 19.3. The van der Waals surface area contributed by atoms with Crippen molar-refractivity contribution in [3.8, 4) is 33.6 Å². The number of pyridine rings is 2. The Kier molecular flexibility index (Phi) is 7.33. The molecule has 8 bridgehead atoms. The first-order valence-corrected chi connectivity index (χ1v) is 19.0. The molecule has 0 spiro atoms. The Morgan fingerprint density at radius 1 is 0.444 bits per heavy atom. The van der Waals surface area contributed by atoms with Crippen LogP contribution in [-0.4, -0.2) is 9.97 Å². The molecular weight excluding hydrogens is 838 g/mol. The van der Waals surface area contributed by atoms with Crippen LogP contribution in [0, 0.1) is 35.8 Å². The minimum atomic E-state index is 0. The van der Waals surface area contributed by atoms with E-state index in [2.05, 4.69) is 181 Å². The van der Waals surface area contributed by atoms with E-state index in [4.69, 9.17) is 9.97 Å². The van der Waals surface area contributed by atoms with Crippen molar-refractivity contribution >= 4 is 17.3 Å². The number of nitrogens with zero attached hydrogens (tertiary/aromatic N) is 3. The van der Waals surface area contributed by atoms with Gasteiger partial charge in [-0.1, -0.05) is 115 Å². The summed E-state index contributed by atoms with van der Waals surface area (Å²) in [6.45, 7) is 0. The molecule has 260 valence electrons. The molecule has 2 aromatic heterocycles. The van der Waals surface area contributed by atoms with Crippen molar-refractivity contribution in [2.75, 3.05) is 4.90 Å². The van der Waals surface area contributed by atoms with Gasteiger partial charge in [0.2, 0.25) is 0 Å². The van der Waals surface area contributed by atoms with E-state index in [-0.39, 0.29) is 21.1 Å². The van der Waals surface area contributed by atoms with Crippen molar-refractivity contribution in [1.29, 1.82) is 0 Å². The van der Waals surface area contributed by atoms with Crippen molar-refractivity contribution in [2.24, 2.45) is 23.7 Å². The zero-order valence-corrected chi connectivity index (χ0v) is 31.6. The Balaban J connectivity index is 0.00000341. The molecule has 2 saturated carbocycles. The standard InChI is InChI=1S/C50H35N3.Pt/c1-2-6-30(7-3-1)31-12-20-36(21-13-31)53(47-10-4-8-45(51-47)34-18-26-41-43(28-34)32-14-22-37-38(23-15-32)49(37)41)48-11-5-9-46(52-48)35-19-27-42-44(29-35)33-16-24-39-40(25-17-33)50(39)42;/h1-17,20-29,32-33,37-40,49-50H;/q-2;+2. The SMILES string of the molecule is [Pt+2].[c-]1cc2c(cc1-c1cccc(N(c3ccc(-c4ccccc4)cc3)c3cccc(-c4[c-]cc5c(c4)C4C=CC6C(C=C4)C56)n3)n1)C1C=CC3C(C=C1)C23. The number of anilines is 3. The Labute approximate surface area is 330 Å². The summed E-state index contributed by atoms with van der Waals surface area (Å²) >= 11 is 0. The van der Waals surface area contributed by atoms with Crippen molar-refractivity contribution in [3.63, 3.8) is 0 Å². The molecule has 6 aromatic rings. The van der Waals surface area contributed by atoms with Crippen LogP contribution in [0.4, 0.5) is 17.3 Å². The molecular formula is C50H35N3Pt. The minimum absolute atomic E-state index is 0. The third-order valence-electron chi connectivity index (χ3n) is 12.6. The zero-order chi connectivity index (χ0) is 34.6. The number of benzene rings is 4. The Morgan fingerprint density at radius 3 is 1.39 bits per heavy atom. The monoisotopic (exact) mass is 872 g/mol. The van der Waals surface area contributed by atoms with Crippen molar-refractivity contribution in [1.82, 2.24) is 9.97 Å². The van der Waals surface area contributed by atoms with E-state index < -0.39 is 0 Å². The molecule has 0 amide bonds. The Bertz CT molecular complexity index is 2400. The first kappa shape index (κ1) is 32.1. The molecule has 4 unspecified atom stereocenters. The average molecular weight is 873 g/mol. The maximum atomic E-state index is 5.34. The third kappa shape index (κ3) is 5.05. The first-order valence-electron chi connectivity index (χ1n) is 19.0. The molecule has 4 aromatic carbocycles. The molecule has 4 atom stereocenters. The van der Waals surface area contributed by atoms with Gasteiger partial charge in [-0.05, 0) is 82.3 Å². The summed E-state index contributed by atoms with van der Waals surface area (Å²) in [5, 5.41) is 0. The average Bonchev–Trinajstić information content (AvgIpc) is 4.11. The fourth-order valence-corrected chi connectivity index (χ4v) is 9.77. The minimum Gasteiger partial charge on any atom is -0.280 e. The molecule has 0 aliphatic heterocycles. The largest absolute Gasteiger partial charge is 2.00 e. The van der Waals surface area contributed by atoms with E-state index in [9.17, 15) is 0 Å². The maximum Gasteiger partial charge on any atom is 2.00 e. The zero-order valence-electron chi connectivity index (χ0n) is 29.4. The molecule has 3 nitrogen and oxygen atoms in total. The van der Waals surface area contributed by atoms with Crippen LogP contribution in [0.15, 0.2) is 164 Å². The van der Waals surface area contributed by atoms with E-state index in [0.717, 1.165) is 39.8 Å². The van der Waals surface area contributed by atoms with Crippen molar-refractivity contribution < 1.29 is 21.1 Å². The van der Waals surface area contributed by atoms with Gasteiger partial charge < -0.3 is 0 Å². The quantitative estimate of drug-likeness (QED) is 0.123. The predicted molar refractivity (Wildman–Crippen MR) is 212 cm³/mol. The van der Waals surface area contributed by atoms with Crippen LogP contribution in [0.25, 0.3) is 33.6 Å². The smallest absolute Gasteiger partial charge is 0.280 e. The summed E-state index contributed by atoms with van der Waals surface area (Å²) in [5.74, 6) is 5.98. The molecule has 4 heteroatoms. The van der Waals surface area contributed by atoms with Gasteiger partial charge in [0.1, 0.15) is 11.6 Å². The molecule has 54 heavy (non-hydrogen) atoms. The van der Waals surface area contributed by atoms with Crippen molar-refractivity contribution in [2.45, 2.75) is 23.7 Å². The van der Waals surface area contributed by atoms with E-state index in [0.29, 0.717) is 47.3 Å². The summed E-state index contributed by atoms with van der Waals surface area (Å²) in [6, 6.07) is 48.3. The fourth-order valence-electron chi connectivity index (χ4n) is 9.77. The molecule has 2 fully saturated rings. The van der Waals surface area contributed by atoms with E-state index in [1.54, 1.807) is 0 Å². The number of aromatic nitrogens is 2. The maximum absolute atomic E-state index is 5.34. The number of hydrogen-bond acceptors (Lipinski definition) is 3. The van der Waals surface area contributed by atoms with Gasteiger partial charge in [-0.2, -0.15) is 0 Å². The van der Waals surface area contributed by atoms with Gasteiger partial charge in [-0.3, -0.25) is 14.9 Å². The second-order valence-electron chi connectivity index (χ2n) is 15.5. The van der Waals surface area contributed by atoms with E-state index >= 15 is 0 Å². The van der Waals surface area contributed by atoms with Gasteiger partial charge in [-0.25, -0.2) is 0 Å². The summed E-state index contributed by atoms with van der Waals surface area (Å²) < 4.78 is 0. The van der Waals surface area contributed by atoms with Gasteiger partial charge in [-0.15, -0.1) is 69.8 Å². The fraction of sp³-hybridized carbons (Fsp3) is 0.160. The molecule has 14 rings (SSSR count). The molecule has 2 heterocycles. The Morgan fingerprint density at radius 2 is 0.907 bits per heavy atom. The van der Waals surface area contributed by atoms with Crippen molar-refractivity contribution in [3.05, 3.63) is 198 Å². The van der Waals surface area contributed by atoms with Gasteiger partial charge in [0.05, 0.1) is 0 Å². The number of rotatable bonds is 6. The van der Waals surface area contributed by atoms with Crippen LogP contribution < -0.4 is 4.90 Å². The molecule has 0 N–H and O–H groups in total. The van der Waals surface area contributed by atoms with Crippen LogP contribution in [0.5, 0.6) is 0 Å². The van der Waals surface area contributed by atoms with E-state index in [1.807, 2.05) is 0 Å². The topological polar surface area (TPSA) is 29.0 Å². The summed E-state index contributed by atoms with van der Waals surface area (Å²) in [4.78, 5) is 12.9. The number of allylic oxidation sites excluding steroid dienone is 8.